The summed E-state index contributed by atoms with van der Waals surface area (Å²) >= 11 is 9.15. The van der Waals surface area contributed by atoms with Crippen LogP contribution in [0.1, 0.15) is 10.7 Å². The van der Waals surface area contributed by atoms with E-state index in [0.717, 1.165) is 10.7 Å². The van der Waals surface area contributed by atoms with Crippen LogP contribution >= 0.6 is 34.7 Å². The minimum absolute atomic E-state index is 0.0781. The Balaban J connectivity index is 2.00. The zero-order valence-corrected chi connectivity index (χ0v) is 15.7. The van der Waals surface area contributed by atoms with Crippen molar-refractivity contribution < 1.29 is 4.74 Å². The summed E-state index contributed by atoms with van der Waals surface area (Å²) in [5, 5.41) is 4.83. The normalized spacial score (nSPS) is 11.3. The molecule has 0 saturated carbocycles. The fourth-order valence-corrected chi connectivity index (χ4v) is 4.08. The van der Waals surface area contributed by atoms with E-state index >= 15 is 0 Å². The molecule has 2 aromatic heterocycles. The Morgan fingerprint density at radius 3 is 2.92 bits per heavy atom. The van der Waals surface area contributed by atoms with Gasteiger partial charge in [-0.3, -0.25) is 9.36 Å². The molecule has 5 nitrogen and oxygen atoms in total. The van der Waals surface area contributed by atoms with Crippen molar-refractivity contribution >= 4 is 45.6 Å². The van der Waals surface area contributed by atoms with E-state index in [-0.39, 0.29) is 5.56 Å². The standard InChI is InChI=1S/C16H16ClN3O2S2/c1-10-18-12(8-23-10)9-24-16-19-14-7-11(17)3-4-13(14)15(21)20(16)5-6-22-2/h3-4,7-8H,5-6,9H2,1-2H3. The van der Waals surface area contributed by atoms with Crippen molar-refractivity contribution in [3.05, 3.63) is 49.7 Å². The third kappa shape index (κ3) is 3.80. The number of thiazole rings is 1. The molecule has 0 atom stereocenters. The Bertz CT molecular complexity index is 923. The number of hydrogen-bond acceptors (Lipinski definition) is 6. The zero-order valence-electron chi connectivity index (χ0n) is 13.3. The van der Waals surface area contributed by atoms with Crippen LogP contribution in [0.3, 0.4) is 0 Å². The monoisotopic (exact) mass is 381 g/mol. The lowest BCUT2D eigenvalue weighted by molar-refractivity contribution is 0.183. The maximum Gasteiger partial charge on any atom is 0.262 e. The predicted octanol–water partition coefficient (Wildman–Crippen LogP) is 3.75. The second-order valence-corrected chi connectivity index (χ2v) is 7.59. The highest BCUT2D eigenvalue weighted by Gasteiger charge is 2.13. The van der Waals surface area contributed by atoms with Gasteiger partial charge in [-0.25, -0.2) is 9.97 Å². The fraction of sp³-hybridized carbons (Fsp3) is 0.312. The molecule has 8 heteroatoms. The van der Waals surface area contributed by atoms with Crippen LogP contribution in [0.4, 0.5) is 0 Å². The summed E-state index contributed by atoms with van der Waals surface area (Å²) in [5.74, 6) is 0.663. The van der Waals surface area contributed by atoms with Crippen molar-refractivity contribution in [2.45, 2.75) is 24.4 Å². The summed E-state index contributed by atoms with van der Waals surface area (Å²) in [6.45, 7) is 2.88. The van der Waals surface area contributed by atoms with Crippen molar-refractivity contribution in [2.75, 3.05) is 13.7 Å². The first kappa shape index (κ1) is 17.4. The molecule has 1 aromatic carbocycles. The van der Waals surface area contributed by atoms with Gasteiger partial charge in [0.2, 0.25) is 0 Å². The first-order chi connectivity index (χ1) is 11.6. The molecule has 0 saturated heterocycles. The van der Waals surface area contributed by atoms with E-state index in [1.807, 2.05) is 12.3 Å². The van der Waals surface area contributed by atoms with E-state index in [1.54, 1.807) is 41.2 Å². The van der Waals surface area contributed by atoms with Gasteiger partial charge >= 0.3 is 0 Å². The van der Waals surface area contributed by atoms with Gasteiger partial charge in [-0.05, 0) is 25.1 Å². The summed E-state index contributed by atoms with van der Waals surface area (Å²) in [6.07, 6.45) is 0. The van der Waals surface area contributed by atoms with E-state index < -0.39 is 0 Å². The summed E-state index contributed by atoms with van der Waals surface area (Å²) in [7, 11) is 1.62. The third-order valence-corrected chi connectivity index (χ3v) is 5.48. The second kappa shape index (κ2) is 7.65. The lowest BCUT2D eigenvalue weighted by atomic mass is 10.2. The van der Waals surface area contributed by atoms with Crippen LogP contribution in [0, 0.1) is 6.92 Å². The van der Waals surface area contributed by atoms with Crippen LogP contribution in [-0.4, -0.2) is 28.3 Å². The van der Waals surface area contributed by atoms with Crippen molar-refractivity contribution in [1.29, 1.82) is 0 Å². The van der Waals surface area contributed by atoms with Crippen LogP contribution in [-0.2, 0) is 17.0 Å². The van der Waals surface area contributed by atoms with E-state index in [1.165, 1.54) is 11.8 Å². The minimum atomic E-state index is -0.0781. The largest absolute Gasteiger partial charge is 0.383 e. The molecule has 0 aliphatic heterocycles. The number of fused-ring (bicyclic) bond motifs is 1. The van der Waals surface area contributed by atoms with E-state index in [0.29, 0.717) is 40.0 Å². The molecular weight excluding hydrogens is 366 g/mol. The summed E-state index contributed by atoms with van der Waals surface area (Å²) in [6, 6.07) is 5.14. The molecular formula is C16H16ClN3O2S2. The summed E-state index contributed by atoms with van der Waals surface area (Å²) in [4.78, 5) is 21.9. The van der Waals surface area contributed by atoms with Gasteiger partial charge in [-0.15, -0.1) is 11.3 Å². The van der Waals surface area contributed by atoms with Gasteiger partial charge in [-0.1, -0.05) is 23.4 Å². The van der Waals surface area contributed by atoms with E-state index in [2.05, 4.69) is 9.97 Å². The highest BCUT2D eigenvalue weighted by Crippen LogP contribution is 2.24. The molecule has 0 radical (unpaired) electrons. The van der Waals surface area contributed by atoms with Crippen LogP contribution in [0.2, 0.25) is 5.02 Å². The lowest BCUT2D eigenvalue weighted by Gasteiger charge is -2.12. The number of aryl methyl sites for hydroxylation is 1. The molecule has 0 N–H and O–H groups in total. The van der Waals surface area contributed by atoms with Gasteiger partial charge in [0.15, 0.2) is 5.16 Å². The number of ether oxygens (including phenoxy) is 1. The molecule has 0 amide bonds. The Labute approximate surface area is 152 Å². The van der Waals surface area contributed by atoms with Crippen LogP contribution in [0.5, 0.6) is 0 Å². The number of hydrogen-bond donors (Lipinski definition) is 0. The second-order valence-electron chi connectivity index (χ2n) is 5.15. The van der Waals surface area contributed by atoms with Crippen molar-refractivity contribution in [1.82, 2.24) is 14.5 Å². The van der Waals surface area contributed by atoms with Gasteiger partial charge in [0, 0.05) is 23.3 Å². The number of thioether (sulfide) groups is 1. The van der Waals surface area contributed by atoms with Crippen molar-refractivity contribution in [3.63, 3.8) is 0 Å². The summed E-state index contributed by atoms with van der Waals surface area (Å²) < 4.78 is 6.78. The maximum absolute atomic E-state index is 12.8. The molecule has 0 unspecified atom stereocenters. The maximum atomic E-state index is 12.8. The summed E-state index contributed by atoms with van der Waals surface area (Å²) in [5.41, 5.74) is 1.52. The topological polar surface area (TPSA) is 57.0 Å². The van der Waals surface area contributed by atoms with E-state index in [9.17, 15) is 4.79 Å². The molecule has 3 aromatic rings. The SMILES string of the molecule is COCCn1c(SCc2csc(C)n2)nc2cc(Cl)ccc2c1=O. The third-order valence-electron chi connectivity index (χ3n) is 3.42. The molecule has 126 valence electrons. The van der Waals surface area contributed by atoms with Gasteiger partial charge in [-0.2, -0.15) is 0 Å². The zero-order chi connectivity index (χ0) is 17.1. The Hall–Kier alpha value is -1.41. The fourth-order valence-electron chi connectivity index (χ4n) is 2.28. The molecule has 3 rings (SSSR count). The van der Waals surface area contributed by atoms with Crippen LogP contribution < -0.4 is 5.56 Å². The van der Waals surface area contributed by atoms with Gasteiger partial charge in [0.1, 0.15) is 0 Å². The van der Waals surface area contributed by atoms with Crippen LogP contribution in [0.15, 0.2) is 33.5 Å². The smallest absolute Gasteiger partial charge is 0.262 e. The first-order valence-electron chi connectivity index (χ1n) is 7.31. The van der Waals surface area contributed by atoms with Gasteiger partial charge in [0.05, 0.1) is 34.8 Å². The average Bonchev–Trinajstić information content (AvgIpc) is 2.97. The van der Waals surface area contributed by atoms with Crippen molar-refractivity contribution in [3.8, 4) is 0 Å². The van der Waals surface area contributed by atoms with Gasteiger partial charge < -0.3 is 4.74 Å². The number of halogens is 1. The van der Waals surface area contributed by atoms with Gasteiger partial charge in [0.25, 0.3) is 5.56 Å². The Kier molecular flexibility index (Phi) is 5.55. The first-order valence-corrected chi connectivity index (χ1v) is 9.55. The minimum Gasteiger partial charge on any atom is -0.383 e. The van der Waals surface area contributed by atoms with Crippen molar-refractivity contribution in [2.24, 2.45) is 0 Å². The molecule has 0 bridgehead atoms. The quantitative estimate of drug-likeness (QED) is 0.480. The molecule has 0 aliphatic rings. The van der Waals surface area contributed by atoms with Crippen LogP contribution in [0.25, 0.3) is 10.9 Å². The highest BCUT2D eigenvalue weighted by atomic mass is 35.5. The molecule has 0 fully saturated rings. The molecule has 2 heterocycles. The molecule has 0 aliphatic carbocycles. The highest BCUT2D eigenvalue weighted by molar-refractivity contribution is 7.98. The molecule has 0 spiro atoms. The number of rotatable bonds is 6. The predicted molar refractivity (Wildman–Crippen MR) is 99.3 cm³/mol. The lowest BCUT2D eigenvalue weighted by Crippen LogP contribution is -2.25. The Morgan fingerprint density at radius 2 is 2.21 bits per heavy atom. The van der Waals surface area contributed by atoms with E-state index in [4.69, 9.17) is 16.3 Å². The number of aromatic nitrogens is 3. The average molecular weight is 382 g/mol. The number of benzene rings is 1. The number of methoxy groups -OCH3 is 1. The molecule has 24 heavy (non-hydrogen) atoms. The Morgan fingerprint density at radius 1 is 1.38 bits per heavy atom. The number of nitrogens with zero attached hydrogens (tertiary/aromatic N) is 3.